The summed E-state index contributed by atoms with van der Waals surface area (Å²) in [5, 5.41) is 8.86. The highest BCUT2D eigenvalue weighted by molar-refractivity contribution is 5.55. The molecule has 0 atom stereocenters. The molecule has 0 amide bonds. The van der Waals surface area contributed by atoms with E-state index in [4.69, 9.17) is 4.98 Å². The number of azo groups is 1. The third-order valence-corrected chi connectivity index (χ3v) is 3.47. The highest BCUT2D eigenvalue weighted by Gasteiger charge is 2.24. The molecule has 0 aliphatic carbocycles. The van der Waals surface area contributed by atoms with Crippen molar-refractivity contribution >= 4 is 17.2 Å². The monoisotopic (exact) mass is 292 g/mol. The molecule has 3 aromatic rings. The van der Waals surface area contributed by atoms with Gasteiger partial charge in [-0.1, -0.05) is 45.0 Å². The van der Waals surface area contributed by atoms with Gasteiger partial charge in [0.1, 0.15) is 5.65 Å². The van der Waals surface area contributed by atoms with Crippen molar-refractivity contribution in [2.75, 3.05) is 0 Å². The summed E-state index contributed by atoms with van der Waals surface area (Å²) in [6.07, 6.45) is 2.05. The molecule has 0 aliphatic heterocycles. The summed E-state index contributed by atoms with van der Waals surface area (Å²) in [7, 11) is 0. The Bertz CT molecular complexity index is 823. The second-order valence-electron chi connectivity index (χ2n) is 6.50. The van der Waals surface area contributed by atoms with E-state index in [1.165, 1.54) is 5.56 Å². The number of aromatic nitrogens is 2. The Hall–Kier alpha value is -2.49. The molecular weight excluding hydrogens is 272 g/mol. The van der Waals surface area contributed by atoms with Gasteiger partial charge < -0.3 is 0 Å². The quantitative estimate of drug-likeness (QED) is 0.586. The van der Waals surface area contributed by atoms with Crippen LogP contribution in [0.3, 0.4) is 0 Å². The maximum Gasteiger partial charge on any atom is 0.183 e. The van der Waals surface area contributed by atoms with Crippen LogP contribution < -0.4 is 0 Å². The predicted octanol–water partition coefficient (Wildman–Crippen LogP) is 5.36. The molecule has 0 bridgehead atoms. The van der Waals surface area contributed by atoms with E-state index < -0.39 is 0 Å². The Kier molecular flexibility index (Phi) is 3.53. The van der Waals surface area contributed by atoms with Crippen LogP contribution in [0.4, 0.5) is 11.5 Å². The Labute approximate surface area is 130 Å². The molecule has 4 nitrogen and oxygen atoms in total. The number of nitrogens with zero attached hydrogens (tertiary/aromatic N) is 4. The van der Waals surface area contributed by atoms with E-state index in [1.54, 1.807) is 0 Å². The molecule has 112 valence electrons. The number of aryl methyl sites for hydroxylation is 1. The first-order valence-corrected chi connectivity index (χ1v) is 7.41. The smallest absolute Gasteiger partial charge is 0.183 e. The van der Waals surface area contributed by atoms with Crippen molar-refractivity contribution in [1.29, 1.82) is 0 Å². The number of imidazole rings is 1. The van der Waals surface area contributed by atoms with Crippen LogP contribution in [0.5, 0.6) is 0 Å². The SMILES string of the molecule is Cc1ccc2nc(C(C)(C)C)c(N=Nc3ccccc3)n2c1. The fourth-order valence-corrected chi connectivity index (χ4v) is 2.34. The standard InChI is InChI=1S/C18H20N4/c1-13-10-11-15-19-16(18(2,3)4)17(22(15)12-13)21-20-14-8-6-5-7-9-14/h5-12H,1-4H3. The molecule has 0 spiro atoms. The lowest BCUT2D eigenvalue weighted by atomic mass is 9.92. The van der Waals surface area contributed by atoms with E-state index in [0.29, 0.717) is 0 Å². The molecule has 2 aromatic heterocycles. The van der Waals surface area contributed by atoms with E-state index in [9.17, 15) is 0 Å². The molecule has 0 N–H and O–H groups in total. The number of hydrogen-bond acceptors (Lipinski definition) is 3. The second-order valence-corrected chi connectivity index (χ2v) is 6.50. The third-order valence-electron chi connectivity index (χ3n) is 3.47. The van der Waals surface area contributed by atoms with Gasteiger partial charge in [-0.05, 0) is 30.7 Å². The molecule has 0 fully saturated rings. The average Bonchev–Trinajstić information content (AvgIpc) is 2.84. The van der Waals surface area contributed by atoms with Gasteiger partial charge in [-0.3, -0.25) is 4.40 Å². The first kappa shape index (κ1) is 14.4. The number of benzene rings is 1. The molecule has 0 aliphatic rings. The van der Waals surface area contributed by atoms with Crippen LogP contribution >= 0.6 is 0 Å². The molecule has 22 heavy (non-hydrogen) atoms. The largest absolute Gasteiger partial charge is 0.283 e. The van der Waals surface area contributed by atoms with Crippen molar-refractivity contribution in [3.8, 4) is 0 Å². The summed E-state index contributed by atoms with van der Waals surface area (Å²) in [4.78, 5) is 4.75. The van der Waals surface area contributed by atoms with Gasteiger partial charge in [-0.2, -0.15) is 0 Å². The van der Waals surface area contributed by atoms with E-state index in [2.05, 4.69) is 50.2 Å². The van der Waals surface area contributed by atoms with Crippen LogP contribution in [0.2, 0.25) is 0 Å². The summed E-state index contributed by atoms with van der Waals surface area (Å²) in [6, 6.07) is 13.8. The highest BCUT2D eigenvalue weighted by atomic mass is 15.2. The summed E-state index contributed by atoms with van der Waals surface area (Å²) in [6.45, 7) is 8.49. The molecule has 1 aromatic carbocycles. The lowest BCUT2D eigenvalue weighted by Crippen LogP contribution is -2.11. The van der Waals surface area contributed by atoms with Crippen LogP contribution in [0.15, 0.2) is 58.9 Å². The number of rotatable bonds is 2. The van der Waals surface area contributed by atoms with Crippen molar-refractivity contribution in [2.45, 2.75) is 33.1 Å². The van der Waals surface area contributed by atoms with Crippen molar-refractivity contribution in [3.05, 3.63) is 59.9 Å². The molecule has 0 saturated carbocycles. The van der Waals surface area contributed by atoms with Gasteiger partial charge >= 0.3 is 0 Å². The molecule has 0 unspecified atom stereocenters. The van der Waals surface area contributed by atoms with Crippen LogP contribution in [-0.2, 0) is 5.41 Å². The zero-order valence-electron chi connectivity index (χ0n) is 13.4. The number of pyridine rings is 1. The van der Waals surface area contributed by atoms with Gasteiger partial charge in [0, 0.05) is 11.6 Å². The lowest BCUT2D eigenvalue weighted by molar-refractivity contribution is 0.574. The molecule has 0 radical (unpaired) electrons. The second kappa shape index (κ2) is 5.37. The van der Waals surface area contributed by atoms with Gasteiger partial charge in [0.05, 0.1) is 11.4 Å². The van der Waals surface area contributed by atoms with E-state index in [0.717, 1.165) is 22.8 Å². The van der Waals surface area contributed by atoms with Crippen LogP contribution in [0.25, 0.3) is 5.65 Å². The van der Waals surface area contributed by atoms with Crippen molar-refractivity contribution in [2.24, 2.45) is 10.2 Å². The Balaban J connectivity index is 2.17. The Morgan fingerprint density at radius 2 is 1.68 bits per heavy atom. The van der Waals surface area contributed by atoms with Crippen molar-refractivity contribution in [3.63, 3.8) is 0 Å². The topological polar surface area (TPSA) is 42.0 Å². The molecule has 0 saturated heterocycles. The fraction of sp³-hybridized carbons (Fsp3) is 0.278. The predicted molar refractivity (Wildman–Crippen MR) is 89.2 cm³/mol. The number of fused-ring (bicyclic) bond motifs is 1. The maximum absolute atomic E-state index is 4.75. The van der Waals surface area contributed by atoms with Crippen molar-refractivity contribution < 1.29 is 0 Å². The van der Waals surface area contributed by atoms with Gasteiger partial charge in [-0.25, -0.2) is 4.98 Å². The normalized spacial score (nSPS) is 12.4. The Morgan fingerprint density at radius 1 is 0.955 bits per heavy atom. The highest BCUT2D eigenvalue weighted by Crippen LogP contribution is 2.33. The van der Waals surface area contributed by atoms with E-state index >= 15 is 0 Å². The zero-order valence-corrected chi connectivity index (χ0v) is 13.4. The summed E-state index contributed by atoms with van der Waals surface area (Å²) < 4.78 is 2.02. The molecule has 2 heterocycles. The average molecular weight is 292 g/mol. The lowest BCUT2D eigenvalue weighted by Gasteiger charge is -2.15. The maximum atomic E-state index is 4.75. The minimum Gasteiger partial charge on any atom is -0.283 e. The first-order valence-electron chi connectivity index (χ1n) is 7.41. The van der Waals surface area contributed by atoms with Gasteiger partial charge in [0.2, 0.25) is 0 Å². The van der Waals surface area contributed by atoms with Crippen molar-refractivity contribution in [1.82, 2.24) is 9.38 Å². The summed E-state index contributed by atoms with van der Waals surface area (Å²) >= 11 is 0. The summed E-state index contributed by atoms with van der Waals surface area (Å²) in [5.74, 6) is 0.801. The van der Waals surface area contributed by atoms with Crippen LogP contribution in [-0.4, -0.2) is 9.38 Å². The van der Waals surface area contributed by atoms with E-state index in [1.807, 2.05) is 40.8 Å². The van der Waals surface area contributed by atoms with Gasteiger partial charge in [0.25, 0.3) is 0 Å². The van der Waals surface area contributed by atoms with Gasteiger partial charge in [-0.15, -0.1) is 10.2 Å². The van der Waals surface area contributed by atoms with E-state index in [-0.39, 0.29) is 5.41 Å². The summed E-state index contributed by atoms with van der Waals surface area (Å²) in [5.41, 5.74) is 3.77. The Morgan fingerprint density at radius 3 is 2.36 bits per heavy atom. The van der Waals surface area contributed by atoms with Crippen LogP contribution in [0, 0.1) is 6.92 Å². The zero-order chi connectivity index (χ0) is 15.7. The molecule has 4 heteroatoms. The van der Waals surface area contributed by atoms with Crippen LogP contribution in [0.1, 0.15) is 32.0 Å². The molecule has 3 rings (SSSR count). The minimum absolute atomic E-state index is 0.0923. The number of hydrogen-bond donors (Lipinski definition) is 0. The minimum atomic E-state index is -0.0923. The van der Waals surface area contributed by atoms with Gasteiger partial charge in [0.15, 0.2) is 5.82 Å². The molecular formula is C18H20N4. The first-order chi connectivity index (χ1) is 10.4. The fourth-order valence-electron chi connectivity index (χ4n) is 2.34. The third kappa shape index (κ3) is 2.77.